The Morgan fingerprint density at radius 1 is 1.06 bits per heavy atom. The number of hydrogen-bond donors (Lipinski definition) is 0. The summed E-state index contributed by atoms with van der Waals surface area (Å²) in [6.07, 6.45) is 5.68. The lowest BCUT2D eigenvalue weighted by atomic mass is 9.97. The van der Waals surface area contributed by atoms with Crippen molar-refractivity contribution < 1.29 is 13.9 Å². The average Bonchev–Trinajstić information content (AvgIpc) is 3.26. The molecule has 5 rings (SSSR count). The standard InChI is InChI=1S/C29H29NO3/c1-19-10-12-30(13-11-19)29(31)14-20(2)24-16-25-26(18-33-28(25)17-27(24)32-3)23-9-8-21-6-4-5-7-22(21)15-23/h4-9,14-19H,10-13H2,1-3H3/b20-14+. The SMILES string of the molecule is COc1cc2occ(-c3ccc4ccccc4c3)c2cc1/C(C)=C/C(=O)N1CCC(C)CC1. The summed E-state index contributed by atoms with van der Waals surface area (Å²) in [5, 5.41) is 3.41. The third-order valence-electron chi connectivity index (χ3n) is 6.82. The number of ether oxygens (including phenoxy) is 1. The van der Waals surface area contributed by atoms with Crippen LogP contribution in [-0.4, -0.2) is 31.0 Å². The van der Waals surface area contributed by atoms with Gasteiger partial charge in [0.25, 0.3) is 0 Å². The van der Waals surface area contributed by atoms with E-state index in [1.165, 1.54) is 10.8 Å². The van der Waals surface area contributed by atoms with Crippen LogP contribution in [0, 0.1) is 5.92 Å². The first kappa shape index (κ1) is 21.3. The van der Waals surface area contributed by atoms with E-state index in [0.29, 0.717) is 11.7 Å². The monoisotopic (exact) mass is 439 g/mol. The lowest BCUT2D eigenvalue weighted by molar-refractivity contribution is -0.127. The molecule has 168 valence electrons. The van der Waals surface area contributed by atoms with E-state index in [-0.39, 0.29) is 5.91 Å². The van der Waals surface area contributed by atoms with Crippen LogP contribution in [0.2, 0.25) is 0 Å². The van der Waals surface area contributed by atoms with Gasteiger partial charge < -0.3 is 14.1 Å². The van der Waals surface area contributed by atoms with Crippen molar-refractivity contribution in [3.05, 3.63) is 72.5 Å². The Morgan fingerprint density at radius 3 is 2.58 bits per heavy atom. The Labute approximate surface area is 194 Å². The number of methoxy groups -OCH3 is 1. The highest BCUT2D eigenvalue weighted by Gasteiger charge is 2.20. The minimum atomic E-state index is 0.0727. The number of carbonyl (C=O) groups excluding carboxylic acids is 1. The van der Waals surface area contributed by atoms with Crippen LogP contribution in [0.3, 0.4) is 0 Å². The molecule has 0 spiro atoms. The number of nitrogens with zero attached hydrogens (tertiary/aromatic N) is 1. The Balaban J connectivity index is 1.54. The summed E-state index contributed by atoms with van der Waals surface area (Å²) in [5.74, 6) is 1.47. The molecule has 0 bridgehead atoms. The quantitative estimate of drug-likeness (QED) is 0.324. The minimum Gasteiger partial charge on any atom is -0.496 e. The number of rotatable bonds is 4. The number of piperidine rings is 1. The molecular weight excluding hydrogens is 410 g/mol. The van der Waals surface area contributed by atoms with E-state index < -0.39 is 0 Å². The van der Waals surface area contributed by atoms with Crippen molar-refractivity contribution in [2.45, 2.75) is 26.7 Å². The summed E-state index contributed by atoms with van der Waals surface area (Å²) in [5.41, 5.74) is 4.70. The van der Waals surface area contributed by atoms with Crippen LogP contribution in [0.4, 0.5) is 0 Å². The first-order chi connectivity index (χ1) is 16.0. The van der Waals surface area contributed by atoms with Crippen LogP contribution >= 0.6 is 0 Å². The number of furan rings is 1. The second-order valence-corrected chi connectivity index (χ2v) is 9.10. The fourth-order valence-electron chi connectivity index (χ4n) is 4.70. The molecule has 0 atom stereocenters. The van der Waals surface area contributed by atoms with Gasteiger partial charge in [0.15, 0.2) is 0 Å². The number of likely N-dealkylation sites (tertiary alicyclic amines) is 1. The van der Waals surface area contributed by atoms with Crippen LogP contribution in [0.15, 0.2) is 71.4 Å². The molecule has 1 aromatic heterocycles. The number of allylic oxidation sites excluding steroid dienone is 1. The molecule has 0 radical (unpaired) electrons. The van der Waals surface area contributed by atoms with Crippen LogP contribution in [0.5, 0.6) is 5.75 Å². The number of carbonyl (C=O) groups is 1. The third kappa shape index (κ3) is 4.13. The first-order valence-electron chi connectivity index (χ1n) is 11.6. The smallest absolute Gasteiger partial charge is 0.246 e. The van der Waals surface area contributed by atoms with Crippen LogP contribution in [-0.2, 0) is 4.79 Å². The summed E-state index contributed by atoms with van der Waals surface area (Å²) in [7, 11) is 1.65. The van der Waals surface area contributed by atoms with Gasteiger partial charge >= 0.3 is 0 Å². The molecule has 1 saturated heterocycles. The van der Waals surface area contributed by atoms with Crippen molar-refractivity contribution in [2.24, 2.45) is 5.92 Å². The molecular formula is C29H29NO3. The summed E-state index contributed by atoms with van der Waals surface area (Å²) in [4.78, 5) is 14.9. The molecule has 0 saturated carbocycles. The van der Waals surface area contributed by atoms with Crippen molar-refractivity contribution in [2.75, 3.05) is 20.2 Å². The molecule has 3 aromatic carbocycles. The Bertz CT molecular complexity index is 1360. The van der Waals surface area contributed by atoms with Gasteiger partial charge in [0.2, 0.25) is 5.91 Å². The highest BCUT2D eigenvalue weighted by atomic mass is 16.5. The zero-order valence-corrected chi connectivity index (χ0v) is 19.4. The van der Waals surface area contributed by atoms with E-state index >= 15 is 0 Å². The predicted octanol–water partition coefficient (Wildman–Crippen LogP) is 6.92. The zero-order valence-electron chi connectivity index (χ0n) is 19.4. The summed E-state index contributed by atoms with van der Waals surface area (Å²) in [6, 6.07) is 18.8. The van der Waals surface area contributed by atoms with E-state index in [2.05, 4.69) is 55.5 Å². The normalized spacial score (nSPS) is 15.4. The van der Waals surface area contributed by atoms with Crippen LogP contribution < -0.4 is 4.74 Å². The predicted molar refractivity (Wildman–Crippen MR) is 134 cm³/mol. The van der Waals surface area contributed by atoms with Crippen molar-refractivity contribution in [3.8, 4) is 16.9 Å². The van der Waals surface area contributed by atoms with Gasteiger partial charge in [0, 0.05) is 41.7 Å². The van der Waals surface area contributed by atoms with Gasteiger partial charge in [-0.3, -0.25) is 4.79 Å². The molecule has 0 unspecified atom stereocenters. The van der Waals surface area contributed by atoms with E-state index in [1.807, 2.05) is 17.9 Å². The molecule has 1 fully saturated rings. The zero-order chi connectivity index (χ0) is 22.9. The number of hydrogen-bond acceptors (Lipinski definition) is 3. The van der Waals surface area contributed by atoms with Gasteiger partial charge in [-0.1, -0.05) is 43.3 Å². The summed E-state index contributed by atoms with van der Waals surface area (Å²) >= 11 is 0. The van der Waals surface area contributed by atoms with Gasteiger partial charge in [0.1, 0.15) is 11.3 Å². The molecule has 33 heavy (non-hydrogen) atoms. The third-order valence-corrected chi connectivity index (χ3v) is 6.82. The Morgan fingerprint density at radius 2 is 1.82 bits per heavy atom. The molecule has 4 nitrogen and oxygen atoms in total. The maximum atomic E-state index is 12.9. The molecule has 0 aliphatic carbocycles. The number of amides is 1. The molecule has 4 heteroatoms. The second kappa shape index (κ2) is 8.78. The molecule has 0 N–H and O–H groups in total. The van der Waals surface area contributed by atoms with Crippen molar-refractivity contribution in [1.29, 1.82) is 0 Å². The van der Waals surface area contributed by atoms with E-state index in [9.17, 15) is 4.79 Å². The Hall–Kier alpha value is -3.53. The lowest BCUT2D eigenvalue weighted by Crippen LogP contribution is -2.36. The Kier molecular flexibility index (Phi) is 5.67. The van der Waals surface area contributed by atoms with Gasteiger partial charge in [-0.05, 0) is 59.7 Å². The van der Waals surface area contributed by atoms with Crippen LogP contribution in [0.1, 0.15) is 32.3 Å². The van der Waals surface area contributed by atoms with Crippen molar-refractivity contribution >= 4 is 33.2 Å². The number of benzene rings is 3. The summed E-state index contributed by atoms with van der Waals surface area (Å²) in [6.45, 7) is 5.88. The molecule has 1 aliphatic rings. The summed E-state index contributed by atoms with van der Waals surface area (Å²) < 4.78 is 11.6. The second-order valence-electron chi connectivity index (χ2n) is 9.10. The highest BCUT2D eigenvalue weighted by Crippen LogP contribution is 2.38. The van der Waals surface area contributed by atoms with Gasteiger partial charge in [-0.25, -0.2) is 0 Å². The molecule has 4 aromatic rings. The maximum absolute atomic E-state index is 12.9. The largest absolute Gasteiger partial charge is 0.496 e. The van der Waals surface area contributed by atoms with E-state index in [1.54, 1.807) is 19.4 Å². The molecule has 1 amide bonds. The van der Waals surface area contributed by atoms with Gasteiger partial charge in [-0.2, -0.15) is 0 Å². The first-order valence-corrected chi connectivity index (χ1v) is 11.6. The van der Waals surface area contributed by atoms with Gasteiger partial charge in [0.05, 0.1) is 13.4 Å². The van der Waals surface area contributed by atoms with E-state index in [0.717, 1.165) is 59.2 Å². The fourth-order valence-corrected chi connectivity index (χ4v) is 4.70. The number of fused-ring (bicyclic) bond motifs is 2. The minimum absolute atomic E-state index is 0.0727. The molecule has 1 aliphatic heterocycles. The topological polar surface area (TPSA) is 42.7 Å². The maximum Gasteiger partial charge on any atom is 0.246 e. The fraction of sp³-hybridized carbons (Fsp3) is 0.276. The van der Waals surface area contributed by atoms with Crippen molar-refractivity contribution in [3.63, 3.8) is 0 Å². The van der Waals surface area contributed by atoms with Crippen LogP contribution in [0.25, 0.3) is 38.4 Å². The van der Waals surface area contributed by atoms with Crippen molar-refractivity contribution in [1.82, 2.24) is 4.90 Å². The average molecular weight is 440 g/mol. The molecule has 2 heterocycles. The van der Waals surface area contributed by atoms with E-state index in [4.69, 9.17) is 9.15 Å². The lowest BCUT2D eigenvalue weighted by Gasteiger charge is -2.29. The highest BCUT2D eigenvalue weighted by molar-refractivity contribution is 6.01. The van der Waals surface area contributed by atoms with Gasteiger partial charge in [-0.15, -0.1) is 0 Å².